The van der Waals surface area contributed by atoms with Crippen LogP contribution in [0.15, 0.2) is 29.5 Å². The minimum atomic E-state index is -0.503. The summed E-state index contributed by atoms with van der Waals surface area (Å²) >= 11 is 12.4. The summed E-state index contributed by atoms with van der Waals surface area (Å²) in [6.45, 7) is 4.97. The van der Waals surface area contributed by atoms with Crippen LogP contribution in [-0.4, -0.2) is 41.9 Å². The molecule has 0 N–H and O–H groups in total. The van der Waals surface area contributed by atoms with E-state index in [1.165, 1.54) is 0 Å². The highest BCUT2D eigenvalue weighted by atomic mass is 35.5. The Kier molecular flexibility index (Phi) is 6.42. The van der Waals surface area contributed by atoms with Crippen molar-refractivity contribution in [3.05, 3.63) is 45.1 Å². The Hall–Kier alpha value is -1.56. The summed E-state index contributed by atoms with van der Waals surface area (Å²) in [7, 11) is 0. The topological polar surface area (TPSA) is 55.8 Å². The molecule has 3 atom stereocenters. The van der Waals surface area contributed by atoms with Crippen molar-refractivity contribution in [2.45, 2.75) is 64.2 Å². The number of ether oxygens (including phenoxy) is 2. The van der Waals surface area contributed by atoms with Gasteiger partial charge in [-0.25, -0.2) is 0 Å². The maximum absolute atomic E-state index is 13.5. The Morgan fingerprint density at radius 1 is 1.17 bits per heavy atom. The van der Waals surface area contributed by atoms with Crippen molar-refractivity contribution in [3.8, 4) is 0 Å². The van der Waals surface area contributed by atoms with Gasteiger partial charge in [0.05, 0.1) is 33.7 Å². The highest BCUT2D eigenvalue weighted by Gasteiger charge is 2.51. The highest BCUT2D eigenvalue weighted by Crippen LogP contribution is 2.47. The zero-order valence-electron chi connectivity index (χ0n) is 17.3. The number of carbonyl (C=O) groups is 2. The number of Topliss-reactive ketones (excluding diaryl/α,β-unsaturated/α-hetero) is 1. The van der Waals surface area contributed by atoms with Crippen molar-refractivity contribution in [3.63, 3.8) is 0 Å². The number of fused-ring (bicyclic) bond motifs is 1. The minimum Gasteiger partial charge on any atom is -0.483 e. The molecular formula is C23H27Cl2NO4. The van der Waals surface area contributed by atoms with Crippen LogP contribution in [0.25, 0.3) is 0 Å². The second kappa shape index (κ2) is 8.89. The molecule has 162 valence electrons. The van der Waals surface area contributed by atoms with Crippen LogP contribution in [0.2, 0.25) is 10.0 Å². The van der Waals surface area contributed by atoms with Gasteiger partial charge in [0.2, 0.25) is 0 Å². The lowest BCUT2D eigenvalue weighted by atomic mass is 9.77. The molecule has 0 spiro atoms. The Balaban J connectivity index is 1.68. The molecule has 1 saturated carbocycles. The van der Waals surface area contributed by atoms with Gasteiger partial charge in [0, 0.05) is 13.2 Å². The van der Waals surface area contributed by atoms with Gasteiger partial charge in [-0.1, -0.05) is 35.7 Å². The first-order valence-corrected chi connectivity index (χ1v) is 11.5. The first-order valence-electron chi connectivity index (χ1n) is 10.7. The fourth-order valence-electron chi connectivity index (χ4n) is 4.71. The zero-order chi connectivity index (χ0) is 21.4. The SMILES string of the molecule is CC(C)OCCCN1C(=O)C2=C(C(=O)C3CCCCC3O2)C1c1ccc(Cl)c(Cl)c1. The quantitative estimate of drug-likeness (QED) is 0.564. The van der Waals surface area contributed by atoms with E-state index in [-0.39, 0.29) is 35.6 Å². The average Bonchev–Trinajstić information content (AvgIpc) is 3.00. The van der Waals surface area contributed by atoms with E-state index < -0.39 is 6.04 Å². The molecule has 7 heteroatoms. The van der Waals surface area contributed by atoms with Crippen LogP contribution < -0.4 is 0 Å². The molecule has 3 unspecified atom stereocenters. The summed E-state index contributed by atoms with van der Waals surface area (Å²) in [6, 6.07) is 4.78. The first-order chi connectivity index (χ1) is 14.4. The van der Waals surface area contributed by atoms with Gasteiger partial charge in [0.1, 0.15) is 6.10 Å². The summed E-state index contributed by atoms with van der Waals surface area (Å²) in [4.78, 5) is 28.5. The van der Waals surface area contributed by atoms with E-state index in [9.17, 15) is 9.59 Å². The summed E-state index contributed by atoms with van der Waals surface area (Å²) in [6.07, 6.45) is 4.28. The van der Waals surface area contributed by atoms with Gasteiger partial charge in [-0.2, -0.15) is 0 Å². The fraction of sp³-hybridized carbons (Fsp3) is 0.565. The van der Waals surface area contributed by atoms with Crippen molar-refractivity contribution in [1.82, 2.24) is 4.90 Å². The van der Waals surface area contributed by atoms with Gasteiger partial charge in [0.15, 0.2) is 11.5 Å². The highest BCUT2D eigenvalue weighted by molar-refractivity contribution is 6.42. The Labute approximate surface area is 187 Å². The van der Waals surface area contributed by atoms with Gasteiger partial charge >= 0.3 is 0 Å². The van der Waals surface area contributed by atoms with Crippen molar-refractivity contribution in [2.24, 2.45) is 5.92 Å². The van der Waals surface area contributed by atoms with E-state index in [2.05, 4.69) is 0 Å². The normalized spacial score (nSPS) is 26.2. The summed E-state index contributed by atoms with van der Waals surface area (Å²) in [5.74, 6) is -0.113. The van der Waals surface area contributed by atoms with Crippen molar-refractivity contribution in [2.75, 3.05) is 13.2 Å². The molecule has 0 saturated heterocycles. The Morgan fingerprint density at radius 2 is 1.93 bits per heavy atom. The molecule has 0 radical (unpaired) electrons. The molecule has 3 aliphatic rings. The lowest BCUT2D eigenvalue weighted by Crippen LogP contribution is -2.39. The van der Waals surface area contributed by atoms with Crippen LogP contribution in [0.3, 0.4) is 0 Å². The van der Waals surface area contributed by atoms with Crippen LogP contribution in [0.5, 0.6) is 0 Å². The average molecular weight is 452 g/mol. The molecule has 1 fully saturated rings. The third-order valence-corrected chi connectivity index (χ3v) is 6.85. The molecule has 1 aliphatic carbocycles. The van der Waals surface area contributed by atoms with Crippen molar-refractivity contribution < 1.29 is 19.1 Å². The molecule has 2 heterocycles. The number of ketones is 1. The molecule has 5 nitrogen and oxygen atoms in total. The molecule has 0 bridgehead atoms. The van der Waals surface area contributed by atoms with Gasteiger partial charge in [0.25, 0.3) is 5.91 Å². The molecule has 4 rings (SSSR count). The van der Waals surface area contributed by atoms with E-state index in [4.69, 9.17) is 32.7 Å². The lowest BCUT2D eigenvalue weighted by Gasteiger charge is -2.35. The molecule has 1 aromatic rings. The predicted molar refractivity (Wildman–Crippen MR) is 115 cm³/mol. The van der Waals surface area contributed by atoms with Crippen LogP contribution in [0, 0.1) is 5.92 Å². The summed E-state index contributed by atoms with van der Waals surface area (Å²) in [5.41, 5.74) is 1.25. The van der Waals surface area contributed by atoms with Gasteiger partial charge in [-0.3, -0.25) is 9.59 Å². The first kappa shape index (κ1) is 21.7. The maximum atomic E-state index is 13.5. The van der Waals surface area contributed by atoms with Crippen molar-refractivity contribution in [1.29, 1.82) is 0 Å². The second-order valence-corrected chi connectivity index (χ2v) is 9.32. The van der Waals surface area contributed by atoms with E-state index >= 15 is 0 Å². The van der Waals surface area contributed by atoms with E-state index in [0.717, 1.165) is 31.2 Å². The standard InChI is InChI=1S/C23H27Cl2NO4/c1-13(2)29-11-5-10-26-20(14-8-9-16(24)17(25)12-14)19-21(27)15-6-3-4-7-18(15)30-22(19)23(26)28/h8-9,12-13,15,18,20H,3-7,10-11H2,1-2H3. The van der Waals surface area contributed by atoms with Gasteiger partial charge in [-0.15, -0.1) is 0 Å². The smallest absolute Gasteiger partial charge is 0.290 e. The molecule has 2 aliphatic heterocycles. The lowest BCUT2D eigenvalue weighted by molar-refractivity contribution is -0.135. The van der Waals surface area contributed by atoms with Crippen LogP contribution in [0.4, 0.5) is 0 Å². The van der Waals surface area contributed by atoms with Crippen molar-refractivity contribution >= 4 is 34.9 Å². The number of amides is 1. The number of benzene rings is 1. The zero-order valence-corrected chi connectivity index (χ0v) is 18.8. The van der Waals surface area contributed by atoms with Crippen LogP contribution in [0.1, 0.15) is 57.6 Å². The molecule has 30 heavy (non-hydrogen) atoms. The summed E-state index contributed by atoms with van der Waals surface area (Å²) in [5, 5.41) is 0.841. The number of rotatable bonds is 6. The number of hydrogen-bond donors (Lipinski definition) is 0. The molecule has 0 aromatic heterocycles. The number of halogens is 2. The molecule has 1 amide bonds. The third kappa shape index (κ3) is 4.00. The number of hydrogen-bond acceptors (Lipinski definition) is 4. The van der Waals surface area contributed by atoms with Gasteiger partial charge < -0.3 is 14.4 Å². The van der Waals surface area contributed by atoms with E-state index in [1.54, 1.807) is 17.0 Å². The van der Waals surface area contributed by atoms with Gasteiger partial charge in [-0.05, 0) is 57.2 Å². The predicted octanol–water partition coefficient (Wildman–Crippen LogP) is 5.10. The minimum absolute atomic E-state index is 0.0475. The number of nitrogens with zero attached hydrogens (tertiary/aromatic N) is 1. The van der Waals surface area contributed by atoms with Crippen LogP contribution in [-0.2, 0) is 19.1 Å². The monoisotopic (exact) mass is 451 g/mol. The Morgan fingerprint density at radius 3 is 2.67 bits per heavy atom. The largest absolute Gasteiger partial charge is 0.483 e. The third-order valence-electron chi connectivity index (χ3n) is 6.11. The maximum Gasteiger partial charge on any atom is 0.290 e. The molecular weight excluding hydrogens is 425 g/mol. The second-order valence-electron chi connectivity index (χ2n) is 8.50. The summed E-state index contributed by atoms with van der Waals surface area (Å²) < 4.78 is 11.8. The number of carbonyl (C=O) groups excluding carboxylic acids is 2. The Bertz CT molecular complexity index is 882. The van der Waals surface area contributed by atoms with E-state index in [0.29, 0.717) is 35.2 Å². The van der Waals surface area contributed by atoms with E-state index in [1.807, 2.05) is 19.9 Å². The van der Waals surface area contributed by atoms with Crippen LogP contribution >= 0.6 is 23.2 Å². The fourth-order valence-corrected chi connectivity index (χ4v) is 5.01. The molecule has 1 aromatic carbocycles.